The molecule has 96 valence electrons. The Labute approximate surface area is 110 Å². The lowest BCUT2D eigenvalue weighted by Crippen LogP contribution is -2.13. The Morgan fingerprint density at radius 3 is 2.32 bits per heavy atom. The van der Waals surface area contributed by atoms with Gasteiger partial charge in [-0.2, -0.15) is 10.2 Å². The van der Waals surface area contributed by atoms with Gasteiger partial charge >= 0.3 is 5.97 Å². The lowest BCUT2D eigenvalue weighted by molar-refractivity contribution is 0.0522. The summed E-state index contributed by atoms with van der Waals surface area (Å²) in [6, 6.07) is 8.68. The van der Waals surface area contributed by atoms with E-state index in [0.29, 0.717) is 5.56 Å². The number of ketones is 1. The SMILES string of the molecule is CCOC(=O)c1cnncc1C(=O)c1ccccc1. The van der Waals surface area contributed by atoms with Crippen molar-refractivity contribution in [1.82, 2.24) is 10.2 Å². The van der Waals surface area contributed by atoms with Crippen molar-refractivity contribution in [3.05, 3.63) is 59.4 Å². The van der Waals surface area contributed by atoms with Gasteiger partial charge in [0, 0.05) is 5.56 Å². The maximum atomic E-state index is 12.3. The van der Waals surface area contributed by atoms with E-state index in [9.17, 15) is 9.59 Å². The van der Waals surface area contributed by atoms with Crippen molar-refractivity contribution >= 4 is 11.8 Å². The van der Waals surface area contributed by atoms with Gasteiger partial charge in [0.25, 0.3) is 0 Å². The van der Waals surface area contributed by atoms with Crippen molar-refractivity contribution in [2.24, 2.45) is 0 Å². The van der Waals surface area contributed by atoms with Crippen LogP contribution >= 0.6 is 0 Å². The molecule has 1 aromatic heterocycles. The zero-order valence-electron chi connectivity index (χ0n) is 10.4. The van der Waals surface area contributed by atoms with Crippen molar-refractivity contribution in [3.63, 3.8) is 0 Å². The first-order chi connectivity index (χ1) is 9.24. The summed E-state index contributed by atoms with van der Waals surface area (Å²) >= 11 is 0. The number of nitrogens with zero attached hydrogens (tertiary/aromatic N) is 2. The minimum Gasteiger partial charge on any atom is -0.462 e. The lowest BCUT2D eigenvalue weighted by Gasteiger charge is -2.06. The average molecular weight is 256 g/mol. The van der Waals surface area contributed by atoms with Crippen molar-refractivity contribution in [3.8, 4) is 0 Å². The smallest absolute Gasteiger partial charge is 0.340 e. The monoisotopic (exact) mass is 256 g/mol. The quantitative estimate of drug-likeness (QED) is 0.617. The van der Waals surface area contributed by atoms with Crippen LogP contribution in [0.2, 0.25) is 0 Å². The van der Waals surface area contributed by atoms with Crippen LogP contribution in [0.4, 0.5) is 0 Å². The molecule has 0 radical (unpaired) electrons. The third-order valence-electron chi connectivity index (χ3n) is 2.51. The predicted molar refractivity (Wildman–Crippen MR) is 67.9 cm³/mol. The molecule has 5 heteroatoms. The Kier molecular flexibility index (Phi) is 3.97. The molecular formula is C14H12N2O3. The van der Waals surface area contributed by atoms with Crippen LogP contribution in [0.1, 0.15) is 33.2 Å². The Morgan fingerprint density at radius 2 is 1.68 bits per heavy atom. The van der Waals surface area contributed by atoms with Crippen molar-refractivity contribution in [2.45, 2.75) is 6.92 Å². The number of esters is 1. The summed E-state index contributed by atoms with van der Waals surface area (Å²) in [5.41, 5.74) is 0.811. The molecule has 1 heterocycles. The molecule has 2 aromatic rings. The minimum absolute atomic E-state index is 0.130. The fourth-order valence-corrected chi connectivity index (χ4v) is 1.62. The Bertz CT molecular complexity index is 597. The van der Waals surface area contributed by atoms with Crippen LogP contribution in [0.15, 0.2) is 42.7 Å². The molecule has 5 nitrogen and oxygen atoms in total. The molecule has 0 saturated heterocycles. The van der Waals surface area contributed by atoms with E-state index < -0.39 is 5.97 Å². The van der Waals surface area contributed by atoms with E-state index in [1.54, 1.807) is 31.2 Å². The molecule has 2 rings (SSSR count). The molecule has 0 aliphatic heterocycles. The van der Waals surface area contributed by atoms with Gasteiger partial charge in [-0.25, -0.2) is 4.79 Å². The molecule has 0 bridgehead atoms. The minimum atomic E-state index is -0.573. The van der Waals surface area contributed by atoms with Crippen molar-refractivity contribution in [1.29, 1.82) is 0 Å². The van der Waals surface area contributed by atoms with Gasteiger partial charge in [0.05, 0.1) is 30.1 Å². The van der Waals surface area contributed by atoms with Gasteiger partial charge in [-0.3, -0.25) is 4.79 Å². The number of hydrogen-bond donors (Lipinski definition) is 0. The van der Waals surface area contributed by atoms with E-state index in [-0.39, 0.29) is 23.5 Å². The van der Waals surface area contributed by atoms with Gasteiger partial charge < -0.3 is 4.74 Å². The standard InChI is InChI=1S/C14H12N2O3/c1-2-19-14(18)12-9-16-15-8-11(12)13(17)10-6-4-3-5-7-10/h3-9H,2H2,1H3. The van der Waals surface area contributed by atoms with Gasteiger partial charge in [0.15, 0.2) is 5.78 Å². The zero-order chi connectivity index (χ0) is 13.7. The zero-order valence-corrected chi connectivity index (χ0v) is 10.4. The van der Waals surface area contributed by atoms with Crippen LogP contribution in [-0.4, -0.2) is 28.6 Å². The van der Waals surface area contributed by atoms with Crippen LogP contribution in [0, 0.1) is 0 Å². The van der Waals surface area contributed by atoms with E-state index in [1.807, 2.05) is 6.07 Å². The van der Waals surface area contributed by atoms with Gasteiger partial charge in [-0.05, 0) is 6.92 Å². The fraction of sp³-hybridized carbons (Fsp3) is 0.143. The summed E-state index contributed by atoms with van der Waals surface area (Å²) < 4.78 is 4.90. The highest BCUT2D eigenvalue weighted by Gasteiger charge is 2.19. The molecule has 0 aliphatic carbocycles. The molecule has 19 heavy (non-hydrogen) atoms. The molecule has 0 amide bonds. The third-order valence-corrected chi connectivity index (χ3v) is 2.51. The normalized spacial score (nSPS) is 9.95. The van der Waals surface area contributed by atoms with Gasteiger partial charge in [0.1, 0.15) is 0 Å². The molecule has 0 fully saturated rings. The van der Waals surface area contributed by atoms with E-state index in [1.165, 1.54) is 12.4 Å². The maximum absolute atomic E-state index is 12.3. The number of aromatic nitrogens is 2. The highest BCUT2D eigenvalue weighted by molar-refractivity contribution is 6.14. The van der Waals surface area contributed by atoms with E-state index in [4.69, 9.17) is 4.74 Å². The van der Waals surface area contributed by atoms with Crippen LogP contribution in [-0.2, 0) is 4.74 Å². The van der Waals surface area contributed by atoms with Gasteiger partial charge in [-0.15, -0.1) is 0 Å². The Balaban J connectivity index is 2.40. The summed E-state index contributed by atoms with van der Waals surface area (Å²) in [6.07, 6.45) is 2.52. The molecule has 0 N–H and O–H groups in total. The number of carbonyl (C=O) groups excluding carboxylic acids is 2. The Morgan fingerprint density at radius 1 is 1.05 bits per heavy atom. The number of benzene rings is 1. The Hall–Kier alpha value is -2.56. The lowest BCUT2D eigenvalue weighted by atomic mass is 10.0. The van der Waals surface area contributed by atoms with Crippen LogP contribution in [0.3, 0.4) is 0 Å². The second-order valence-corrected chi connectivity index (χ2v) is 3.73. The summed E-state index contributed by atoms with van der Waals surface area (Å²) in [5.74, 6) is -0.852. The molecule has 0 spiro atoms. The number of hydrogen-bond acceptors (Lipinski definition) is 5. The highest BCUT2D eigenvalue weighted by atomic mass is 16.5. The number of rotatable bonds is 4. The van der Waals surface area contributed by atoms with Crippen LogP contribution in [0.25, 0.3) is 0 Å². The largest absolute Gasteiger partial charge is 0.462 e. The molecule has 0 unspecified atom stereocenters. The summed E-state index contributed by atoms with van der Waals surface area (Å²) in [7, 11) is 0. The van der Waals surface area contributed by atoms with Crippen molar-refractivity contribution < 1.29 is 14.3 Å². The molecular weight excluding hydrogens is 244 g/mol. The van der Waals surface area contributed by atoms with Crippen LogP contribution in [0.5, 0.6) is 0 Å². The molecule has 0 saturated carbocycles. The third kappa shape index (κ3) is 2.82. The first kappa shape index (κ1) is 12.9. The van der Waals surface area contributed by atoms with Crippen LogP contribution < -0.4 is 0 Å². The number of ether oxygens (including phenoxy) is 1. The molecule has 0 aliphatic rings. The summed E-state index contributed by atoms with van der Waals surface area (Å²) in [4.78, 5) is 24.1. The average Bonchev–Trinajstić information content (AvgIpc) is 2.47. The summed E-state index contributed by atoms with van der Waals surface area (Å²) in [6.45, 7) is 1.94. The highest BCUT2D eigenvalue weighted by Crippen LogP contribution is 2.13. The van der Waals surface area contributed by atoms with E-state index >= 15 is 0 Å². The molecule has 1 aromatic carbocycles. The second kappa shape index (κ2) is 5.86. The first-order valence-corrected chi connectivity index (χ1v) is 5.81. The maximum Gasteiger partial charge on any atom is 0.340 e. The van der Waals surface area contributed by atoms with Crippen molar-refractivity contribution in [2.75, 3.05) is 6.61 Å². The predicted octanol–water partition coefficient (Wildman–Crippen LogP) is 1.88. The fourth-order valence-electron chi connectivity index (χ4n) is 1.62. The van der Waals surface area contributed by atoms with Gasteiger partial charge in [0.2, 0.25) is 0 Å². The first-order valence-electron chi connectivity index (χ1n) is 5.81. The number of carbonyl (C=O) groups is 2. The molecule has 0 atom stereocenters. The van der Waals surface area contributed by atoms with E-state index in [0.717, 1.165) is 0 Å². The second-order valence-electron chi connectivity index (χ2n) is 3.73. The van der Waals surface area contributed by atoms with E-state index in [2.05, 4.69) is 10.2 Å². The van der Waals surface area contributed by atoms with Gasteiger partial charge in [-0.1, -0.05) is 30.3 Å². The topological polar surface area (TPSA) is 69.2 Å². The summed E-state index contributed by atoms with van der Waals surface area (Å²) in [5, 5.41) is 7.28.